The number of fused-ring (bicyclic) bond motifs is 1. The first-order chi connectivity index (χ1) is 13.5. The molecule has 0 saturated carbocycles. The maximum atomic E-state index is 11.7. The van der Waals surface area contributed by atoms with Crippen LogP contribution in [-0.2, 0) is 4.74 Å². The van der Waals surface area contributed by atoms with E-state index in [0.29, 0.717) is 17.4 Å². The third kappa shape index (κ3) is 3.18. The molecule has 1 fully saturated rings. The first kappa shape index (κ1) is 18.3. The molecule has 3 heterocycles. The Kier molecular flexibility index (Phi) is 4.68. The van der Waals surface area contributed by atoms with E-state index in [1.54, 1.807) is 31.3 Å². The smallest absolute Gasteiger partial charge is 0.412 e. The van der Waals surface area contributed by atoms with Gasteiger partial charge < -0.3 is 14.9 Å². The zero-order valence-electron chi connectivity index (χ0n) is 15.5. The van der Waals surface area contributed by atoms with Crippen LogP contribution in [0.15, 0.2) is 30.6 Å². The lowest BCUT2D eigenvalue weighted by Crippen LogP contribution is -2.51. The second-order valence-electron chi connectivity index (χ2n) is 7.15. The van der Waals surface area contributed by atoms with Crippen molar-refractivity contribution in [1.82, 2.24) is 9.78 Å². The van der Waals surface area contributed by atoms with Gasteiger partial charge in [-0.1, -0.05) is 6.07 Å². The first-order valence-electron chi connectivity index (χ1n) is 9.24. The minimum absolute atomic E-state index is 0.0828. The molecular weight excluding hydrogens is 364 g/mol. The molecular formula is C19H22N4O5. The predicted molar refractivity (Wildman–Crippen MR) is 102 cm³/mol. The van der Waals surface area contributed by atoms with Crippen LogP contribution in [-0.4, -0.2) is 58.0 Å². The maximum absolute atomic E-state index is 11.7. The van der Waals surface area contributed by atoms with E-state index in [1.165, 1.54) is 9.80 Å². The van der Waals surface area contributed by atoms with Crippen LogP contribution < -0.4 is 9.80 Å². The van der Waals surface area contributed by atoms with Gasteiger partial charge in [-0.15, -0.1) is 0 Å². The highest BCUT2D eigenvalue weighted by Gasteiger charge is 2.35. The second-order valence-corrected chi connectivity index (χ2v) is 7.15. The molecule has 0 aliphatic carbocycles. The standard InChI is InChI=1S/C19H22N4O5/c1-12-10-21(18(24)25)17-8-13(2-3-16(17)23(12)19(26)27)14-9-20-22(11-14)15-4-6-28-7-5-15/h2-3,8-9,11-12,15H,4-7,10H2,1H3,(H,24,25)(H,26,27)/t12-/m0/s1. The Labute approximate surface area is 161 Å². The van der Waals surface area contributed by atoms with Crippen LogP contribution in [0.2, 0.25) is 0 Å². The normalized spacial score (nSPS) is 20.1. The number of carboxylic acid groups (broad SMARTS) is 2. The molecule has 2 aliphatic rings. The van der Waals surface area contributed by atoms with E-state index in [4.69, 9.17) is 4.74 Å². The van der Waals surface area contributed by atoms with Crippen molar-refractivity contribution in [1.29, 1.82) is 0 Å². The quantitative estimate of drug-likeness (QED) is 0.820. The van der Waals surface area contributed by atoms with Gasteiger partial charge in [-0.3, -0.25) is 14.5 Å². The predicted octanol–water partition coefficient (Wildman–Crippen LogP) is 3.27. The number of ether oxygens (including phenoxy) is 1. The molecule has 1 aromatic heterocycles. The molecule has 2 N–H and O–H groups in total. The van der Waals surface area contributed by atoms with Gasteiger partial charge in [0.2, 0.25) is 0 Å². The summed E-state index contributed by atoms with van der Waals surface area (Å²) >= 11 is 0. The molecule has 0 spiro atoms. The summed E-state index contributed by atoms with van der Waals surface area (Å²) in [6.07, 6.45) is 3.31. The summed E-state index contributed by atoms with van der Waals surface area (Å²) in [4.78, 5) is 25.8. The Bertz CT molecular complexity index is 905. The van der Waals surface area contributed by atoms with Crippen molar-refractivity contribution in [2.75, 3.05) is 29.6 Å². The molecule has 0 unspecified atom stereocenters. The zero-order chi connectivity index (χ0) is 19.8. The van der Waals surface area contributed by atoms with Crippen molar-refractivity contribution in [3.8, 4) is 11.1 Å². The number of rotatable bonds is 2. The van der Waals surface area contributed by atoms with Crippen molar-refractivity contribution in [2.45, 2.75) is 31.8 Å². The second kappa shape index (κ2) is 7.16. The zero-order valence-corrected chi connectivity index (χ0v) is 15.5. The minimum atomic E-state index is -1.10. The van der Waals surface area contributed by atoms with E-state index in [2.05, 4.69) is 5.10 Å². The van der Waals surface area contributed by atoms with Crippen LogP contribution in [0.5, 0.6) is 0 Å². The fourth-order valence-corrected chi connectivity index (χ4v) is 3.91. The molecule has 1 aromatic carbocycles. The van der Waals surface area contributed by atoms with Crippen LogP contribution in [0.1, 0.15) is 25.8 Å². The summed E-state index contributed by atoms with van der Waals surface area (Å²) in [5, 5.41) is 23.6. The van der Waals surface area contributed by atoms with E-state index >= 15 is 0 Å². The minimum Gasteiger partial charge on any atom is -0.465 e. The Morgan fingerprint density at radius 2 is 1.86 bits per heavy atom. The number of amides is 2. The molecule has 2 aliphatic heterocycles. The van der Waals surface area contributed by atoms with E-state index in [0.717, 1.165) is 37.2 Å². The van der Waals surface area contributed by atoms with Gasteiger partial charge in [-0.2, -0.15) is 5.10 Å². The fraction of sp³-hybridized carbons (Fsp3) is 0.421. The number of aromatic nitrogens is 2. The summed E-state index contributed by atoms with van der Waals surface area (Å²) in [5.74, 6) is 0. The molecule has 0 radical (unpaired) electrons. The summed E-state index contributed by atoms with van der Waals surface area (Å²) < 4.78 is 7.32. The molecule has 2 amide bonds. The molecule has 2 aromatic rings. The van der Waals surface area contributed by atoms with Gasteiger partial charge in [0, 0.05) is 25.0 Å². The number of hydrogen-bond acceptors (Lipinski definition) is 4. The van der Waals surface area contributed by atoms with Gasteiger partial charge in [-0.25, -0.2) is 9.59 Å². The lowest BCUT2D eigenvalue weighted by Gasteiger charge is -2.38. The Morgan fingerprint density at radius 3 is 2.54 bits per heavy atom. The van der Waals surface area contributed by atoms with E-state index in [9.17, 15) is 19.8 Å². The molecule has 4 rings (SSSR count). The van der Waals surface area contributed by atoms with Crippen LogP contribution in [0, 0.1) is 0 Å². The van der Waals surface area contributed by atoms with Crippen LogP contribution in [0.25, 0.3) is 11.1 Å². The molecule has 1 saturated heterocycles. The Morgan fingerprint density at radius 1 is 1.11 bits per heavy atom. The third-order valence-corrected chi connectivity index (χ3v) is 5.35. The van der Waals surface area contributed by atoms with Gasteiger partial charge in [0.15, 0.2) is 0 Å². The maximum Gasteiger partial charge on any atom is 0.412 e. The highest BCUT2D eigenvalue weighted by molar-refractivity contribution is 6.00. The lowest BCUT2D eigenvalue weighted by atomic mass is 10.0. The van der Waals surface area contributed by atoms with E-state index < -0.39 is 18.2 Å². The van der Waals surface area contributed by atoms with Crippen molar-refractivity contribution in [3.05, 3.63) is 30.6 Å². The van der Waals surface area contributed by atoms with Crippen LogP contribution >= 0.6 is 0 Å². The van der Waals surface area contributed by atoms with Crippen molar-refractivity contribution < 1.29 is 24.5 Å². The Balaban J connectivity index is 1.71. The SMILES string of the molecule is C[C@H]1CN(C(=O)O)c2cc(-c3cnn(C4CCOCC4)c3)ccc2N1C(=O)O. The van der Waals surface area contributed by atoms with E-state index in [1.807, 2.05) is 10.9 Å². The first-order valence-corrected chi connectivity index (χ1v) is 9.24. The topological polar surface area (TPSA) is 108 Å². The number of benzene rings is 1. The summed E-state index contributed by atoms with van der Waals surface area (Å²) in [6, 6.07) is 5.01. The van der Waals surface area contributed by atoms with E-state index in [-0.39, 0.29) is 6.54 Å². The van der Waals surface area contributed by atoms with Crippen molar-refractivity contribution >= 4 is 23.6 Å². The third-order valence-electron chi connectivity index (χ3n) is 5.35. The summed E-state index contributed by atoms with van der Waals surface area (Å²) in [6.45, 7) is 3.21. The molecule has 9 heteroatoms. The van der Waals surface area contributed by atoms with Gasteiger partial charge in [0.05, 0.1) is 36.2 Å². The number of hydrogen-bond donors (Lipinski definition) is 2. The van der Waals surface area contributed by atoms with Gasteiger partial charge in [0.1, 0.15) is 0 Å². The highest BCUT2D eigenvalue weighted by atomic mass is 16.5. The number of carbonyl (C=O) groups is 2. The molecule has 1 atom stereocenters. The largest absolute Gasteiger partial charge is 0.465 e. The van der Waals surface area contributed by atoms with Crippen LogP contribution in [0.3, 0.4) is 0 Å². The number of nitrogens with zero attached hydrogens (tertiary/aromatic N) is 4. The van der Waals surface area contributed by atoms with Gasteiger partial charge in [0.25, 0.3) is 0 Å². The van der Waals surface area contributed by atoms with Crippen molar-refractivity contribution in [3.63, 3.8) is 0 Å². The number of anilines is 2. The average Bonchev–Trinajstić information content (AvgIpc) is 3.17. The summed E-state index contributed by atoms with van der Waals surface area (Å²) in [7, 11) is 0. The molecule has 9 nitrogen and oxygen atoms in total. The molecule has 0 bridgehead atoms. The monoisotopic (exact) mass is 386 g/mol. The van der Waals surface area contributed by atoms with Crippen LogP contribution in [0.4, 0.5) is 21.0 Å². The lowest BCUT2D eigenvalue weighted by molar-refractivity contribution is 0.0662. The van der Waals surface area contributed by atoms with Gasteiger partial charge >= 0.3 is 12.2 Å². The van der Waals surface area contributed by atoms with Gasteiger partial charge in [-0.05, 0) is 37.5 Å². The molecule has 28 heavy (non-hydrogen) atoms. The Hall–Kier alpha value is -3.07. The highest BCUT2D eigenvalue weighted by Crippen LogP contribution is 2.39. The fourth-order valence-electron chi connectivity index (χ4n) is 3.91. The van der Waals surface area contributed by atoms with Crippen molar-refractivity contribution in [2.24, 2.45) is 0 Å². The molecule has 148 valence electrons. The summed E-state index contributed by atoms with van der Waals surface area (Å²) in [5.41, 5.74) is 2.39. The average molecular weight is 386 g/mol.